The van der Waals surface area contributed by atoms with Crippen LogP contribution in [-0.2, 0) is 13.6 Å². The Kier molecular flexibility index (Phi) is 3.97. The molecule has 0 fully saturated rings. The number of hydrogen-bond donors (Lipinski definition) is 1. The minimum atomic E-state index is 0.109. The minimum Gasteiger partial charge on any atom is -0.317 e. The van der Waals surface area contributed by atoms with Crippen LogP contribution in [0.2, 0.25) is 0 Å². The molecule has 0 saturated carbocycles. The van der Waals surface area contributed by atoms with Crippen molar-refractivity contribution in [2.24, 2.45) is 12.5 Å². The molecule has 0 aliphatic heterocycles. The second kappa shape index (κ2) is 4.77. The average molecular weight is 238 g/mol. The van der Waals surface area contributed by atoms with Gasteiger partial charge in [0.2, 0.25) is 0 Å². The Hall–Kier alpha value is -0.900. The maximum absolute atomic E-state index is 4.17. The van der Waals surface area contributed by atoms with Gasteiger partial charge in [-0.3, -0.25) is 0 Å². The van der Waals surface area contributed by atoms with Gasteiger partial charge in [0.1, 0.15) is 11.6 Å². The van der Waals surface area contributed by atoms with Gasteiger partial charge < -0.3 is 9.88 Å². The van der Waals surface area contributed by atoms with Crippen LogP contribution in [0.1, 0.15) is 52.7 Å². The van der Waals surface area contributed by atoms with Gasteiger partial charge in [-0.05, 0) is 32.6 Å². The Labute approximate surface area is 105 Å². The summed E-state index contributed by atoms with van der Waals surface area (Å²) in [5.41, 5.74) is 0.435. The van der Waals surface area contributed by atoms with Crippen LogP contribution in [0.5, 0.6) is 0 Å². The lowest BCUT2D eigenvalue weighted by Gasteiger charge is -2.33. The van der Waals surface area contributed by atoms with E-state index >= 15 is 0 Å². The average Bonchev–Trinajstić information content (AvgIpc) is 2.41. The van der Waals surface area contributed by atoms with E-state index in [2.05, 4.69) is 50.1 Å². The van der Waals surface area contributed by atoms with Crippen molar-refractivity contribution in [2.75, 3.05) is 0 Å². The van der Waals surface area contributed by atoms with Crippen LogP contribution < -0.4 is 5.32 Å². The van der Waals surface area contributed by atoms with E-state index in [1.807, 2.05) is 18.5 Å². The van der Waals surface area contributed by atoms with Gasteiger partial charge in [-0.25, -0.2) is 0 Å². The number of nitrogens with one attached hydrogen (secondary N) is 1. The van der Waals surface area contributed by atoms with Gasteiger partial charge in [-0.2, -0.15) is 0 Å². The zero-order valence-electron chi connectivity index (χ0n) is 12.3. The molecule has 1 aromatic rings. The highest BCUT2D eigenvalue weighted by molar-refractivity contribution is 4.94. The fourth-order valence-electron chi connectivity index (χ4n) is 2.31. The van der Waals surface area contributed by atoms with E-state index < -0.39 is 0 Å². The Balaban J connectivity index is 2.58. The van der Waals surface area contributed by atoms with Crippen molar-refractivity contribution in [2.45, 2.75) is 60.0 Å². The van der Waals surface area contributed by atoms with Crippen molar-refractivity contribution < 1.29 is 0 Å². The molecule has 0 aliphatic rings. The molecule has 0 spiro atoms. The monoisotopic (exact) mass is 238 g/mol. The highest BCUT2D eigenvalue weighted by atomic mass is 15.3. The van der Waals surface area contributed by atoms with Crippen molar-refractivity contribution in [3.8, 4) is 0 Å². The highest BCUT2D eigenvalue weighted by Crippen LogP contribution is 2.26. The Morgan fingerprint density at radius 2 is 1.71 bits per heavy atom. The predicted molar refractivity (Wildman–Crippen MR) is 70.7 cm³/mol. The van der Waals surface area contributed by atoms with E-state index in [4.69, 9.17) is 0 Å². The molecule has 0 unspecified atom stereocenters. The van der Waals surface area contributed by atoms with Gasteiger partial charge in [-0.1, -0.05) is 20.8 Å². The molecule has 4 nitrogen and oxygen atoms in total. The maximum atomic E-state index is 4.17. The highest BCUT2D eigenvalue weighted by Gasteiger charge is 2.25. The maximum Gasteiger partial charge on any atom is 0.146 e. The van der Waals surface area contributed by atoms with Crippen molar-refractivity contribution in [3.63, 3.8) is 0 Å². The summed E-state index contributed by atoms with van der Waals surface area (Å²) in [7, 11) is 2.00. The van der Waals surface area contributed by atoms with Crippen molar-refractivity contribution in [1.82, 2.24) is 20.1 Å². The fourth-order valence-corrected chi connectivity index (χ4v) is 2.31. The molecule has 1 rings (SSSR count). The molecule has 0 aliphatic carbocycles. The molecule has 1 aromatic heterocycles. The zero-order chi connectivity index (χ0) is 13.3. The second-order valence-corrected chi connectivity index (χ2v) is 6.70. The summed E-state index contributed by atoms with van der Waals surface area (Å²) in [6, 6.07) is 0. The van der Waals surface area contributed by atoms with Crippen molar-refractivity contribution >= 4 is 0 Å². The smallest absolute Gasteiger partial charge is 0.146 e. The summed E-state index contributed by atoms with van der Waals surface area (Å²) in [4.78, 5) is 0. The number of aromatic nitrogens is 3. The third-order valence-electron chi connectivity index (χ3n) is 2.88. The van der Waals surface area contributed by atoms with Gasteiger partial charge in [0, 0.05) is 12.6 Å². The molecular formula is C13H26N4. The van der Waals surface area contributed by atoms with Crippen LogP contribution in [0.15, 0.2) is 0 Å². The summed E-state index contributed by atoms with van der Waals surface area (Å²) in [5, 5.41) is 11.8. The fraction of sp³-hybridized carbons (Fsp3) is 0.846. The third-order valence-corrected chi connectivity index (χ3v) is 2.88. The lowest BCUT2D eigenvalue weighted by Crippen LogP contribution is -2.42. The van der Waals surface area contributed by atoms with E-state index in [0.29, 0.717) is 5.41 Å². The van der Waals surface area contributed by atoms with Crippen LogP contribution in [0.4, 0.5) is 0 Å². The van der Waals surface area contributed by atoms with E-state index in [9.17, 15) is 0 Å². The van der Waals surface area contributed by atoms with E-state index in [-0.39, 0.29) is 5.54 Å². The second-order valence-electron chi connectivity index (χ2n) is 6.70. The molecule has 17 heavy (non-hydrogen) atoms. The summed E-state index contributed by atoms with van der Waals surface area (Å²) in [6.45, 7) is 14.0. The molecule has 0 radical (unpaired) electrons. The lowest BCUT2D eigenvalue weighted by molar-refractivity contribution is 0.238. The predicted octanol–water partition coefficient (Wildman–Crippen LogP) is 2.43. The number of rotatable bonds is 4. The molecule has 0 amide bonds. The van der Waals surface area contributed by atoms with Crippen LogP contribution in [-0.4, -0.2) is 20.3 Å². The van der Waals surface area contributed by atoms with Crippen molar-refractivity contribution in [3.05, 3.63) is 11.6 Å². The topological polar surface area (TPSA) is 42.7 Å². The quantitative estimate of drug-likeness (QED) is 0.876. The van der Waals surface area contributed by atoms with E-state index in [1.165, 1.54) is 0 Å². The van der Waals surface area contributed by atoms with E-state index in [0.717, 1.165) is 24.6 Å². The summed E-state index contributed by atoms with van der Waals surface area (Å²) < 4.78 is 2.03. The Bertz CT molecular complexity index is 371. The van der Waals surface area contributed by atoms with Gasteiger partial charge in [0.25, 0.3) is 0 Å². The molecule has 0 aromatic carbocycles. The largest absolute Gasteiger partial charge is 0.317 e. The minimum absolute atomic E-state index is 0.109. The Morgan fingerprint density at radius 3 is 2.12 bits per heavy atom. The van der Waals surface area contributed by atoms with Crippen molar-refractivity contribution in [1.29, 1.82) is 0 Å². The van der Waals surface area contributed by atoms with Crippen LogP contribution in [0, 0.1) is 12.3 Å². The summed E-state index contributed by atoms with van der Waals surface area (Å²) in [5.74, 6) is 1.94. The molecule has 1 N–H and O–H groups in total. The molecule has 98 valence electrons. The molecule has 1 heterocycles. The number of aryl methyl sites for hydroxylation is 1. The van der Waals surface area contributed by atoms with Gasteiger partial charge in [0.05, 0.1) is 6.54 Å². The molecule has 4 heteroatoms. The summed E-state index contributed by atoms with van der Waals surface area (Å²) >= 11 is 0. The third kappa shape index (κ3) is 4.46. The molecule has 0 atom stereocenters. The Morgan fingerprint density at radius 1 is 1.12 bits per heavy atom. The molecular weight excluding hydrogens is 212 g/mol. The number of hydrogen-bond acceptors (Lipinski definition) is 3. The number of nitrogens with zero attached hydrogens (tertiary/aromatic N) is 3. The van der Waals surface area contributed by atoms with Gasteiger partial charge in [-0.15, -0.1) is 10.2 Å². The first-order valence-electron chi connectivity index (χ1n) is 6.21. The van der Waals surface area contributed by atoms with Crippen LogP contribution >= 0.6 is 0 Å². The zero-order valence-corrected chi connectivity index (χ0v) is 12.3. The SMILES string of the molecule is Cc1nnc(CNC(C)(C)CC(C)(C)C)n1C. The standard InChI is InChI=1S/C13H26N4/c1-10-15-16-11(17(10)7)8-14-13(5,6)9-12(2,3)4/h14H,8-9H2,1-7H3. The molecule has 0 bridgehead atoms. The normalized spacial score (nSPS) is 13.1. The first kappa shape index (κ1) is 14.2. The summed E-state index contributed by atoms with van der Waals surface area (Å²) in [6.07, 6.45) is 1.12. The first-order valence-corrected chi connectivity index (χ1v) is 6.21. The van der Waals surface area contributed by atoms with Gasteiger partial charge in [0.15, 0.2) is 0 Å². The molecule has 0 saturated heterocycles. The first-order chi connectivity index (χ1) is 7.61. The van der Waals surface area contributed by atoms with Crippen LogP contribution in [0.25, 0.3) is 0 Å². The lowest BCUT2D eigenvalue weighted by atomic mass is 9.82. The van der Waals surface area contributed by atoms with Gasteiger partial charge >= 0.3 is 0 Å². The van der Waals surface area contributed by atoms with Crippen LogP contribution in [0.3, 0.4) is 0 Å². The van der Waals surface area contributed by atoms with E-state index in [1.54, 1.807) is 0 Å².